The van der Waals surface area contributed by atoms with E-state index in [2.05, 4.69) is 10.2 Å². The average molecular weight is 339 g/mol. The number of hydrogen-bond acceptors (Lipinski definition) is 5. The van der Waals surface area contributed by atoms with Crippen LogP contribution in [0.3, 0.4) is 0 Å². The highest BCUT2D eigenvalue weighted by Gasteiger charge is 2.19. The number of rotatable bonds is 4. The number of likely N-dealkylation sites (N-methyl/N-ethyl adjacent to an activating group) is 1. The molecule has 0 saturated carbocycles. The zero-order valence-electron chi connectivity index (χ0n) is 13.3. The van der Waals surface area contributed by atoms with E-state index in [9.17, 15) is 18.0 Å². The second-order valence-electron chi connectivity index (χ2n) is 5.67. The van der Waals surface area contributed by atoms with Gasteiger partial charge in [0.15, 0.2) is 9.84 Å². The van der Waals surface area contributed by atoms with Gasteiger partial charge in [0, 0.05) is 38.0 Å². The highest BCUT2D eigenvalue weighted by atomic mass is 32.2. The molecule has 0 aliphatic carbocycles. The van der Waals surface area contributed by atoms with Gasteiger partial charge >= 0.3 is 0 Å². The standard InChI is InChI=1S/C15H21N3O4S/c1-17-6-8-18(9-7-17)14(19)11-16-15(20)12-4-3-5-13(10-12)23(2,21)22/h3-5,10H,6-9,11H2,1-2H3,(H,16,20). The molecule has 0 atom stereocenters. The van der Waals surface area contributed by atoms with Gasteiger partial charge in [0.05, 0.1) is 11.4 Å². The van der Waals surface area contributed by atoms with Crippen LogP contribution in [0.4, 0.5) is 0 Å². The maximum atomic E-state index is 12.1. The summed E-state index contributed by atoms with van der Waals surface area (Å²) in [6, 6.07) is 5.77. The fourth-order valence-electron chi connectivity index (χ4n) is 2.29. The van der Waals surface area contributed by atoms with Crippen LogP contribution in [0, 0.1) is 0 Å². The summed E-state index contributed by atoms with van der Waals surface area (Å²) in [7, 11) is -1.37. The van der Waals surface area contributed by atoms with Crippen molar-refractivity contribution in [3.8, 4) is 0 Å². The highest BCUT2D eigenvalue weighted by Crippen LogP contribution is 2.11. The predicted octanol–water partition coefficient (Wildman–Crippen LogP) is -0.406. The molecule has 1 aliphatic heterocycles. The summed E-state index contributed by atoms with van der Waals surface area (Å²) in [6.45, 7) is 2.83. The lowest BCUT2D eigenvalue weighted by Gasteiger charge is -2.32. The second-order valence-corrected chi connectivity index (χ2v) is 7.68. The molecule has 1 aromatic carbocycles. The fourth-order valence-corrected chi connectivity index (χ4v) is 2.96. The van der Waals surface area contributed by atoms with E-state index in [1.807, 2.05) is 7.05 Å². The molecular weight excluding hydrogens is 318 g/mol. The third kappa shape index (κ3) is 4.77. The summed E-state index contributed by atoms with van der Waals surface area (Å²) in [5.41, 5.74) is 0.221. The molecule has 7 nitrogen and oxygen atoms in total. The number of nitrogens with zero attached hydrogens (tertiary/aromatic N) is 2. The number of carbonyl (C=O) groups excluding carboxylic acids is 2. The Morgan fingerprint density at radius 1 is 1.17 bits per heavy atom. The molecule has 0 aromatic heterocycles. The Hall–Kier alpha value is -1.93. The predicted molar refractivity (Wildman–Crippen MR) is 86.0 cm³/mol. The van der Waals surface area contributed by atoms with Crippen molar-refractivity contribution in [2.75, 3.05) is 46.0 Å². The number of carbonyl (C=O) groups is 2. The van der Waals surface area contributed by atoms with E-state index in [4.69, 9.17) is 0 Å². The normalized spacial score (nSPS) is 16.2. The molecule has 2 rings (SSSR count). The largest absolute Gasteiger partial charge is 0.343 e. The van der Waals surface area contributed by atoms with E-state index in [1.54, 1.807) is 4.90 Å². The van der Waals surface area contributed by atoms with Crippen molar-refractivity contribution in [3.05, 3.63) is 29.8 Å². The van der Waals surface area contributed by atoms with Gasteiger partial charge in [-0.3, -0.25) is 9.59 Å². The SMILES string of the molecule is CN1CCN(C(=O)CNC(=O)c2cccc(S(C)(=O)=O)c2)CC1. The fraction of sp³-hybridized carbons (Fsp3) is 0.467. The summed E-state index contributed by atoms with van der Waals surface area (Å²) in [5.74, 6) is -0.594. The first kappa shape index (κ1) is 17.4. The molecule has 1 saturated heterocycles. The molecule has 2 amide bonds. The van der Waals surface area contributed by atoms with Crippen molar-refractivity contribution < 1.29 is 18.0 Å². The van der Waals surface area contributed by atoms with Gasteiger partial charge in [-0.25, -0.2) is 8.42 Å². The van der Waals surface area contributed by atoms with E-state index in [-0.39, 0.29) is 22.9 Å². The molecule has 1 fully saturated rings. The summed E-state index contributed by atoms with van der Waals surface area (Å²) in [5, 5.41) is 2.55. The molecule has 126 valence electrons. The molecule has 0 spiro atoms. The van der Waals surface area contributed by atoms with Crippen molar-refractivity contribution in [2.45, 2.75) is 4.90 Å². The minimum atomic E-state index is -3.37. The summed E-state index contributed by atoms with van der Waals surface area (Å²) in [4.78, 5) is 28.1. The third-order valence-corrected chi connectivity index (χ3v) is 4.89. The van der Waals surface area contributed by atoms with Gasteiger partial charge < -0.3 is 15.1 Å². The number of benzene rings is 1. The van der Waals surface area contributed by atoms with Crippen LogP contribution in [-0.4, -0.2) is 76.1 Å². The van der Waals surface area contributed by atoms with Crippen LogP contribution in [0.1, 0.15) is 10.4 Å². The molecule has 1 aliphatic rings. The average Bonchev–Trinajstić information content (AvgIpc) is 2.52. The van der Waals surface area contributed by atoms with Crippen molar-refractivity contribution in [1.82, 2.24) is 15.1 Å². The van der Waals surface area contributed by atoms with Crippen LogP contribution in [0.15, 0.2) is 29.2 Å². The quantitative estimate of drug-likeness (QED) is 0.806. The van der Waals surface area contributed by atoms with Gasteiger partial charge in [-0.05, 0) is 25.2 Å². The summed E-state index contributed by atoms with van der Waals surface area (Å²) < 4.78 is 23.0. The summed E-state index contributed by atoms with van der Waals surface area (Å²) >= 11 is 0. The van der Waals surface area contributed by atoms with Gasteiger partial charge in [-0.15, -0.1) is 0 Å². The second kappa shape index (κ2) is 7.10. The Labute approximate surface area is 136 Å². The van der Waals surface area contributed by atoms with Crippen LogP contribution in [0.25, 0.3) is 0 Å². The van der Waals surface area contributed by atoms with Crippen molar-refractivity contribution in [2.24, 2.45) is 0 Å². The highest BCUT2D eigenvalue weighted by molar-refractivity contribution is 7.90. The molecule has 0 unspecified atom stereocenters. The minimum absolute atomic E-state index is 0.0792. The Morgan fingerprint density at radius 2 is 1.83 bits per heavy atom. The Morgan fingerprint density at radius 3 is 2.43 bits per heavy atom. The molecule has 1 heterocycles. The van der Waals surface area contributed by atoms with Crippen LogP contribution >= 0.6 is 0 Å². The van der Waals surface area contributed by atoms with E-state index in [0.717, 1.165) is 19.3 Å². The van der Waals surface area contributed by atoms with Crippen LogP contribution < -0.4 is 5.32 Å². The molecular formula is C15H21N3O4S. The van der Waals surface area contributed by atoms with Gasteiger partial charge in [0.2, 0.25) is 5.91 Å². The minimum Gasteiger partial charge on any atom is -0.343 e. The maximum Gasteiger partial charge on any atom is 0.251 e. The number of nitrogens with one attached hydrogen (secondary N) is 1. The van der Waals surface area contributed by atoms with Crippen LogP contribution in [0.5, 0.6) is 0 Å². The monoisotopic (exact) mass is 339 g/mol. The smallest absolute Gasteiger partial charge is 0.251 e. The van der Waals surface area contributed by atoms with E-state index < -0.39 is 15.7 Å². The molecule has 1 N–H and O–H groups in total. The Bertz CT molecular complexity index is 694. The van der Waals surface area contributed by atoms with E-state index in [0.29, 0.717) is 13.1 Å². The van der Waals surface area contributed by atoms with Gasteiger partial charge in [-0.2, -0.15) is 0 Å². The molecule has 1 aromatic rings. The Kier molecular flexibility index (Phi) is 5.38. The van der Waals surface area contributed by atoms with Crippen LogP contribution in [-0.2, 0) is 14.6 Å². The molecule has 0 bridgehead atoms. The summed E-state index contributed by atoms with van der Waals surface area (Å²) in [6.07, 6.45) is 1.08. The van der Waals surface area contributed by atoms with Crippen molar-refractivity contribution in [3.63, 3.8) is 0 Å². The number of amides is 2. The van der Waals surface area contributed by atoms with Gasteiger partial charge in [-0.1, -0.05) is 6.07 Å². The Balaban J connectivity index is 1.93. The van der Waals surface area contributed by atoms with E-state index in [1.165, 1.54) is 24.3 Å². The first-order chi connectivity index (χ1) is 10.8. The number of sulfone groups is 1. The van der Waals surface area contributed by atoms with Crippen LogP contribution in [0.2, 0.25) is 0 Å². The zero-order valence-corrected chi connectivity index (χ0v) is 14.1. The molecule has 0 radical (unpaired) electrons. The van der Waals surface area contributed by atoms with Crippen molar-refractivity contribution in [1.29, 1.82) is 0 Å². The third-order valence-electron chi connectivity index (χ3n) is 3.78. The van der Waals surface area contributed by atoms with E-state index >= 15 is 0 Å². The lowest BCUT2D eigenvalue weighted by Crippen LogP contribution is -2.50. The lowest BCUT2D eigenvalue weighted by molar-refractivity contribution is -0.131. The van der Waals surface area contributed by atoms with Gasteiger partial charge in [0.25, 0.3) is 5.91 Å². The number of hydrogen-bond donors (Lipinski definition) is 1. The lowest BCUT2D eigenvalue weighted by atomic mass is 10.2. The zero-order chi connectivity index (χ0) is 17.0. The number of piperazine rings is 1. The molecule has 8 heteroatoms. The first-order valence-corrected chi connectivity index (χ1v) is 9.21. The first-order valence-electron chi connectivity index (χ1n) is 7.32. The maximum absolute atomic E-state index is 12.1. The van der Waals surface area contributed by atoms with Gasteiger partial charge in [0.1, 0.15) is 0 Å². The van der Waals surface area contributed by atoms with Crippen molar-refractivity contribution >= 4 is 21.7 Å². The topological polar surface area (TPSA) is 86.8 Å². The molecule has 23 heavy (non-hydrogen) atoms.